The van der Waals surface area contributed by atoms with E-state index in [1.807, 2.05) is 0 Å². The van der Waals surface area contributed by atoms with Crippen LogP contribution in [0.2, 0.25) is 5.02 Å². The molecule has 0 aliphatic rings. The van der Waals surface area contributed by atoms with Crippen LogP contribution in [0.3, 0.4) is 0 Å². The van der Waals surface area contributed by atoms with E-state index in [-0.39, 0.29) is 24.6 Å². The second-order valence-electron chi connectivity index (χ2n) is 5.15. The fraction of sp³-hybridized carbons (Fsp3) is 0.176. The molecule has 0 unspecified atom stereocenters. The Morgan fingerprint density at radius 1 is 0.960 bits per heavy atom. The van der Waals surface area contributed by atoms with E-state index in [4.69, 9.17) is 11.6 Å². The van der Waals surface area contributed by atoms with Gasteiger partial charge in [0.15, 0.2) is 0 Å². The minimum absolute atomic E-state index is 0.0112. The number of hydrogen-bond acceptors (Lipinski definition) is 2. The molecule has 132 valence electrons. The monoisotopic (exact) mass is 370 g/mol. The minimum atomic E-state index is -4.99. The lowest BCUT2D eigenvalue weighted by Crippen LogP contribution is -2.31. The van der Waals surface area contributed by atoms with Crippen molar-refractivity contribution in [1.82, 2.24) is 5.32 Å². The summed E-state index contributed by atoms with van der Waals surface area (Å²) < 4.78 is 37.1. The molecule has 0 radical (unpaired) electrons. The SMILES string of the molecule is O=C(Cc1ccccc1Cl)NCc1ccccc1NC(=O)C(F)(F)F. The lowest BCUT2D eigenvalue weighted by atomic mass is 10.1. The molecule has 2 aromatic rings. The van der Waals surface area contributed by atoms with Crippen LogP contribution >= 0.6 is 11.6 Å². The molecule has 2 N–H and O–H groups in total. The molecule has 4 nitrogen and oxygen atoms in total. The molecule has 2 rings (SSSR count). The van der Waals surface area contributed by atoms with Crippen molar-refractivity contribution >= 4 is 29.1 Å². The summed E-state index contributed by atoms with van der Waals surface area (Å²) in [6, 6.07) is 12.8. The van der Waals surface area contributed by atoms with Crippen LogP contribution in [-0.4, -0.2) is 18.0 Å². The average Bonchev–Trinajstić information content (AvgIpc) is 2.55. The first-order valence-corrected chi connectivity index (χ1v) is 7.61. The van der Waals surface area contributed by atoms with Crippen LogP contribution in [0.4, 0.5) is 18.9 Å². The van der Waals surface area contributed by atoms with Crippen molar-refractivity contribution in [1.29, 1.82) is 0 Å². The van der Waals surface area contributed by atoms with Gasteiger partial charge in [-0.25, -0.2) is 0 Å². The van der Waals surface area contributed by atoms with Crippen LogP contribution in [-0.2, 0) is 22.6 Å². The van der Waals surface area contributed by atoms with Crippen molar-refractivity contribution in [3.8, 4) is 0 Å². The lowest BCUT2D eigenvalue weighted by molar-refractivity contribution is -0.167. The van der Waals surface area contributed by atoms with Crippen LogP contribution in [0.1, 0.15) is 11.1 Å². The number of hydrogen-bond donors (Lipinski definition) is 2. The van der Waals surface area contributed by atoms with E-state index in [1.165, 1.54) is 18.2 Å². The highest BCUT2D eigenvalue weighted by Crippen LogP contribution is 2.21. The Morgan fingerprint density at radius 3 is 2.20 bits per heavy atom. The topological polar surface area (TPSA) is 58.2 Å². The predicted molar refractivity (Wildman–Crippen MR) is 88.1 cm³/mol. The van der Waals surface area contributed by atoms with Crippen LogP contribution in [0, 0.1) is 0 Å². The van der Waals surface area contributed by atoms with Gasteiger partial charge in [-0.15, -0.1) is 0 Å². The van der Waals surface area contributed by atoms with E-state index in [2.05, 4.69) is 5.32 Å². The molecule has 0 fully saturated rings. The Balaban J connectivity index is 2.00. The van der Waals surface area contributed by atoms with Crippen molar-refractivity contribution < 1.29 is 22.8 Å². The highest BCUT2D eigenvalue weighted by atomic mass is 35.5. The number of amides is 2. The molecule has 0 saturated carbocycles. The summed E-state index contributed by atoms with van der Waals surface area (Å²) in [6.45, 7) is -0.0302. The van der Waals surface area contributed by atoms with E-state index in [0.29, 0.717) is 16.1 Å². The molecule has 0 aliphatic heterocycles. The van der Waals surface area contributed by atoms with Crippen molar-refractivity contribution in [2.45, 2.75) is 19.1 Å². The smallest absolute Gasteiger partial charge is 0.352 e. The normalized spacial score (nSPS) is 11.0. The Morgan fingerprint density at radius 2 is 1.56 bits per heavy atom. The van der Waals surface area contributed by atoms with Crippen LogP contribution in [0.25, 0.3) is 0 Å². The molecule has 0 bridgehead atoms. The fourth-order valence-corrected chi connectivity index (χ4v) is 2.26. The highest BCUT2D eigenvalue weighted by molar-refractivity contribution is 6.31. The van der Waals surface area contributed by atoms with Gasteiger partial charge >= 0.3 is 12.1 Å². The number of para-hydroxylation sites is 1. The summed E-state index contributed by atoms with van der Waals surface area (Å²) in [5.41, 5.74) is 0.982. The summed E-state index contributed by atoms with van der Waals surface area (Å²) >= 11 is 5.98. The van der Waals surface area contributed by atoms with Gasteiger partial charge in [-0.1, -0.05) is 48.0 Å². The number of alkyl halides is 3. The second kappa shape index (κ2) is 8.02. The quantitative estimate of drug-likeness (QED) is 0.843. The summed E-state index contributed by atoms with van der Waals surface area (Å²) in [5.74, 6) is -2.41. The van der Waals surface area contributed by atoms with Gasteiger partial charge < -0.3 is 10.6 Å². The summed E-state index contributed by atoms with van der Waals surface area (Å²) in [6.07, 6.45) is -4.95. The zero-order chi connectivity index (χ0) is 18.4. The number of rotatable bonds is 5. The Bertz CT molecular complexity index is 778. The van der Waals surface area contributed by atoms with Gasteiger partial charge in [-0.2, -0.15) is 13.2 Å². The van der Waals surface area contributed by atoms with Gasteiger partial charge in [0.2, 0.25) is 5.91 Å². The van der Waals surface area contributed by atoms with E-state index in [9.17, 15) is 22.8 Å². The summed E-state index contributed by atoms with van der Waals surface area (Å²) in [5, 5.41) is 4.85. The third kappa shape index (κ3) is 5.49. The highest BCUT2D eigenvalue weighted by Gasteiger charge is 2.38. The maximum Gasteiger partial charge on any atom is 0.471 e. The lowest BCUT2D eigenvalue weighted by Gasteiger charge is -2.13. The minimum Gasteiger partial charge on any atom is -0.352 e. The summed E-state index contributed by atoms with van der Waals surface area (Å²) in [7, 11) is 0. The fourth-order valence-electron chi connectivity index (χ4n) is 2.06. The third-order valence-electron chi connectivity index (χ3n) is 3.31. The maximum atomic E-state index is 12.4. The maximum absolute atomic E-state index is 12.4. The zero-order valence-corrected chi connectivity index (χ0v) is 13.6. The molecular weight excluding hydrogens is 357 g/mol. The molecular formula is C17H14ClF3N2O2. The van der Waals surface area contributed by atoms with Crippen molar-refractivity contribution in [2.24, 2.45) is 0 Å². The largest absolute Gasteiger partial charge is 0.471 e. The molecule has 25 heavy (non-hydrogen) atoms. The van der Waals surface area contributed by atoms with Gasteiger partial charge in [-0.3, -0.25) is 9.59 Å². The molecule has 8 heteroatoms. The van der Waals surface area contributed by atoms with E-state index < -0.39 is 12.1 Å². The first kappa shape index (κ1) is 18.8. The molecule has 0 heterocycles. The molecule has 2 amide bonds. The Labute approximate surface area is 147 Å². The average molecular weight is 371 g/mol. The van der Waals surface area contributed by atoms with Crippen LogP contribution in [0.15, 0.2) is 48.5 Å². The van der Waals surface area contributed by atoms with E-state index in [0.717, 1.165) is 0 Å². The number of benzene rings is 2. The first-order chi connectivity index (χ1) is 11.8. The van der Waals surface area contributed by atoms with E-state index >= 15 is 0 Å². The van der Waals surface area contributed by atoms with Gasteiger partial charge in [0.25, 0.3) is 0 Å². The zero-order valence-electron chi connectivity index (χ0n) is 12.9. The number of anilines is 1. The van der Waals surface area contributed by atoms with Crippen molar-refractivity contribution in [3.05, 3.63) is 64.7 Å². The van der Waals surface area contributed by atoms with Crippen LogP contribution < -0.4 is 10.6 Å². The predicted octanol–water partition coefficient (Wildman–Crippen LogP) is 3.70. The summed E-state index contributed by atoms with van der Waals surface area (Å²) in [4.78, 5) is 23.1. The van der Waals surface area contributed by atoms with Gasteiger partial charge in [0, 0.05) is 17.3 Å². The van der Waals surface area contributed by atoms with Crippen LogP contribution in [0.5, 0.6) is 0 Å². The first-order valence-electron chi connectivity index (χ1n) is 7.23. The number of carbonyl (C=O) groups is 2. The van der Waals surface area contributed by atoms with Crippen molar-refractivity contribution in [2.75, 3.05) is 5.32 Å². The third-order valence-corrected chi connectivity index (χ3v) is 3.68. The molecule has 0 aromatic heterocycles. The number of nitrogens with one attached hydrogen (secondary N) is 2. The molecule has 0 spiro atoms. The van der Waals surface area contributed by atoms with Gasteiger partial charge in [0.05, 0.1) is 6.42 Å². The number of carbonyl (C=O) groups excluding carboxylic acids is 2. The number of halogens is 4. The van der Waals surface area contributed by atoms with Gasteiger partial charge in [0.1, 0.15) is 0 Å². The standard InChI is InChI=1S/C17H14ClF3N2O2/c18-13-7-3-1-5-11(13)9-15(24)22-10-12-6-2-4-8-14(12)23-16(25)17(19,20)21/h1-8H,9-10H2,(H,22,24)(H,23,25). The Kier molecular flexibility index (Phi) is 6.03. The molecule has 0 saturated heterocycles. The second-order valence-corrected chi connectivity index (χ2v) is 5.56. The van der Waals surface area contributed by atoms with E-state index in [1.54, 1.807) is 35.6 Å². The molecule has 0 atom stereocenters. The Hall–Kier alpha value is -2.54. The molecule has 0 aliphatic carbocycles. The van der Waals surface area contributed by atoms with Gasteiger partial charge in [-0.05, 0) is 23.3 Å². The molecule has 2 aromatic carbocycles. The van der Waals surface area contributed by atoms with Crippen molar-refractivity contribution in [3.63, 3.8) is 0 Å².